The summed E-state index contributed by atoms with van der Waals surface area (Å²) in [5.41, 5.74) is 2.46. The first-order valence-corrected chi connectivity index (χ1v) is 8.13. The molecule has 0 amide bonds. The molecule has 0 saturated carbocycles. The molecule has 2 rings (SSSR count). The molecule has 0 saturated heterocycles. The molecule has 0 bridgehead atoms. The zero-order chi connectivity index (χ0) is 16.7. The molecule has 0 aliphatic heterocycles. The fourth-order valence-corrected chi connectivity index (χ4v) is 2.54. The van der Waals surface area contributed by atoms with Gasteiger partial charge in [-0.05, 0) is 50.1 Å². The molecule has 1 unspecified atom stereocenters. The van der Waals surface area contributed by atoms with Gasteiger partial charge in [0.1, 0.15) is 0 Å². The topological polar surface area (TPSA) is 48.3 Å². The van der Waals surface area contributed by atoms with Crippen LogP contribution in [0.25, 0.3) is 0 Å². The zero-order valence-electron chi connectivity index (χ0n) is 14.9. The summed E-state index contributed by atoms with van der Waals surface area (Å²) in [5.74, 6) is 1.54. The maximum Gasteiger partial charge on any atom is 0.160 e. The van der Waals surface area contributed by atoms with Crippen LogP contribution in [0.3, 0.4) is 0 Å². The summed E-state index contributed by atoms with van der Waals surface area (Å²) in [6, 6.07) is 8.57. The maximum absolute atomic E-state index is 5.34. The summed E-state index contributed by atoms with van der Waals surface area (Å²) < 4.78 is 12.7. The predicted octanol–water partition coefficient (Wildman–Crippen LogP) is 3.63. The summed E-state index contributed by atoms with van der Waals surface area (Å²) in [4.78, 5) is 0. The molecule has 134 valence electrons. The van der Waals surface area contributed by atoms with Crippen molar-refractivity contribution in [3.05, 3.63) is 41.7 Å². The molecule has 6 heteroatoms. The highest BCUT2D eigenvalue weighted by Crippen LogP contribution is 2.27. The highest BCUT2D eigenvalue weighted by Gasteiger charge is 2.08. The van der Waals surface area contributed by atoms with Crippen molar-refractivity contribution in [2.75, 3.05) is 20.8 Å². The molecule has 0 aliphatic rings. The average molecular weight is 354 g/mol. The Hall–Kier alpha value is -1.72. The fourth-order valence-electron chi connectivity index (χ4n) is 2.54. The van der Waals surface area contributed by atoms with Gasteiger partial charge in [0.25, 0.3) is 0 Å². The molecule has 2 aromatic rings. The third-order valence-electron chi connectivity index (χ3n) is 4.11. The Morgan fingerprint density at radius 3 is 2.58 bits per heavy atom. The van der Waals surface area contributed by atoms with Gasteiger partial charge in [-0.3, -0.25) is 4.68 Å². The van der Waals surface area contributed by atoms with Crippen molar-refractivity contribution in [2.24, 2.45) is 0 Å². The van der Waals surface area contributed by atoms with Gasteiger partial charge in [0.2, 0.25) is 0 Å². The van der Waals surface area contributed by atoms with E-state index in [0.29, 0.717) is 6.04 Å². The first kappa shape index (κ1) is 20.3. The van der Waals surface area contributed by atoms with Crippen LogP contribution in [0.4, 0.5) is 0 Å². The minimum Gasteiger partial charge on any atom is -0.493 e. The number of rotatable bonds is 9. The van der Waals surface area contributed by atoms with Crippen molar-refractivity contribution in [2.45, 2.75) is 39.3 Å². The largest absolute Gasteiger partial charge is 0.493 e. The van der Waals surface area contributed by atoms with E-state index in [9.17, 15) is 0 Å². The lowest BCUT2D eigenvalue weighted by atomic mass is 10.1. The van der Waals surface area contributed by atoms with Crippen LogP contribution in [-0.4, -0.2) is 30.5 Å². The second-order valence-electron chi connectivity index (χ2n) is 5.64. The number of nitrogens with one attached hydrogen (secondary N) is 1. The summed E-state index contributed by atoms with van der Waals surface area (Å²) >= 11 is 0. The predicted molar refractivity (Wildman–Crippen MR) is 99.4 cm³/mol. The minimum absolute atomic E-state index is 0. The first-order valence-electron chi connectivity index (χ1n) is 8.13. The van der Waals surface area contributed by atoms with Crippen molar-refractivity contribution >= 4 is 12.4 Å². The quantitative estimate of drug-likeness (QED) is 0.699. The number of aromatic nitrogens is 2. The highest BCUT2D eigenvalue weighted by atomic mass is 35.5. The molecule has 5 nitrogen and oxygen atoms in total. The van der Waals surface area contributed by atoms with Crippen molar-refractivity contribution in [3.8, 4) is 11.5 Å². The van der Waals surface area contributed by atoms with Crippen LogP contribution in [0.15, 0.2) is 30.5 Å². The van der Waals surface area contributed by atoms with Crippen LogP contribution < -0.4 is 14.8 Å². The summed E-state index contributed by atoms with van der Waals surface area (Å²) in [7, 11) is 3.31. The van der Waals surface area contributed by atoms with Crippen LogP contribution in [0.2, 0.25) is 0 Å². The van der Waals surface area contributed by atoms with Crippen molar-refractivity contribution < 1.29 is 9.47 Å². The molecular weight excluding hydrogens is 326 g/mol. The summed E-state index contributed by atoms with van der Waals surface area (Å²) in [5, 5.41) is 7.90. The van der Waals surface area contributed by atoms with Gasteiger partial charge < -0.3 is 14.8 Å². The average Bonchev–Trinajstić information content (AvgIpc) is 3.06. The van der Waals surface area contributed by atoms with Gasteiger partial charge >= 0.3 is 0 Å². The number of ether oxygens (including phenoxy) is 2. The first-order chi connectivity index (χ1) is 11.2. The molecule has 0 aliphatic carbocycles. The molecular formula is C18H28ClN3O2. The normalized spacial score (nSPS) is 11.7. The van der Waals surface area contributed by atoms with Gasteiger partial charge in [-0.2, -0.15) is 5.10 Å². The van der Waals surface area contributed by atoms with E-state index < -0.39 is 0 Å². The number of hydrogen-bond donors (Lipinski definition) is 1. The summed E-state index contributed by atoms with van der Waals surface area (Å²) in [6.07, 6.45) is 3.90. The lowest BCUT2D eigenvalue weighted by Gasteiger charge is -2.14. The Morgan fingerprint density at radius 1 is 1.17 bits per heavy atom. The Morgan fingerprint density at radius 2 is 1.92 bits per heavy atom. The third-order valence-corrected chi connectivity index (χ3v) is 4.11. The van der Waals surface area contributed by atoms with E-state index in [1.165, 1.54) is 11.3 Å². The molecule has 1 heterocycles. The van der Waals surface area contributed by atoms with Gasteiger partial charge in [-0.15, -0.1) is 12.4 Å². The third kappa shape index (κ3) is 5.14. The molecule has 24 heavy (non-hydrogen) atoms. The fraction of sp³-hybridized carbons (Fsp3) is 0.500. The van der Waals surface area contributed by atoms with Crippen LogP contribution in [0.5, 0.6) is 11.5 Å². The SMILES string of the molecule is CCC(C)n1nccc1CNCCc1ccc(OC)c(OC)c1.Cl. The van der Waals surface area contributed by atoms with Gasteiger partial charge in [0.05, 0.1) is 19.9 Å². The molecule has 1 N–H and O–H groups in total. The molecule has 1 aromatic heterocycles. The van der Waals surface area contributed by atoms with Crippen molar-refractivity contribution in [3.63, 3.8) is 0 Å². The zero-order valence-corrected chi connectivity index (χ0v) is 15.7. The van der Waals surface area contributed by atoms with Gasteiger partial charge in [-0.1, -0.05) is 13.0 Å². The van der Waals surface area contributed by atoms with E-state index in [-0.39, 0.29) is 12.4 Å². The van der Waals surface area contributed by atoms with E-state index in [1.54, 1.807) is 14.2 Å². The van der Waals surface area contributed by atoms with E-state index in [1.807, 2.05) is 18.3 Å². The Kier molecular flexibility index (Phi) is 8.65. The Labute approximate surface area is 150 Å². The van der Waals surface area contributed by atoms with Crippen molar-refractivity contribution in [1.82, 2.24) is 15.1 Å². The van der Waals surface area contributed by atoms with Crippen LogP contribution >= 0.6 is 12.4 Å². The van der Waals surface area contributed by atoms with E-state index in [0.717, 1.165) is 37.4 Å². The lowest BCUT2D eigenvalue weighted by Crippen LogP contribution is -2.20. The number of halogens is 1. The number of nitrogens with zero attached hydrogens (tertiary/aromatic N) is 2. The van der Waals surface area contributed by atoms with E-state index >= 15 is 0 Å². The van der Waals surface area contributed by atoms with Gasteiger partial charge in [0.15, 0.2) is 11.5 Å². The summed E-state index contributed by atoms with van der Waals surface area (Å²) in [6.45, 7) is 6.11. The number of methoxy groups -OCH3 is 2. The molecule has 0 spiro atoms. The number of benzene rings is 1. The van der Waals surface area contributed by atoms with Crippen molar-refractivity contribution in [1.29, 1.82) is 0 Å². The Bertz CT molecular complexity index is 616. The maximum atomic E-state index is 5.34. The number of hydrogen-bond acceptors (Lipinski definition) is 4. The van der Waals surface area contributed by atoms with Crippen LogP contribution in [0, 0.1) is 0 Å². The smallest absolute Gasteiger partial charge is 0.160 e. The molecule has 1 atom stereocenters. The molecule has 1 aromatic carbocycles. The second kappa shape index (κ2) is 10.2. The standard InChI is InChI=1S/C18H27N3O2.ClH/c1-5-14(2)21-16(9-11-20-21)13-19-10-8-15-6-7-17(22-3)18(12-15)23-4;/h6-7,9,11-12,14,19H,5,8,10,13H2,1-4H3;1H. The highest BCUT2D eigenvalue weighted by molar-refractivity contribution is 5.85. The van der Waals surface area contributed by atoms with Crippen LogP contribution in [0.1, 0.15) is 37.6 Å². The molecule has 0 radical (unpaired) electrons. The lowest BCUT2D eigenvalue weighted by molar-refractivity contribution is 0.354. The second-order valence-corrected chi connectivity index (χ2v) is 5.64. The van der Waals surface area contributed by atoms with Gasteiger partial charge in [-0.25, -0.2) is 0 Å². The minimum atomic E-state index is 0. The van der Waals surface area contributed by atoms with Gasteiger partial charge in [0, 0.05) is 18.8 Å². The van der Waals surface area contributed by atoms with E-state index in [4.69, 9.17) is 9.47 Å². The monoisotopic (exact) mass is 353 g/mol. The molecule has 0 fully saturated rings. The van der Waals surface area contributed by atoms with Crippen LogP contribution in [-0.2, 0) is 13.0 Å². The van der Waals surface area contributed by atoms with E-state index in [2.05, 4.69) is 41.1 Å². The Balaban J connectivity index is 0.00000288.